The lowest BCUT2D eigenvalue weighted by molar-refractivity contribution is 0.464. The van der Waals surface area contributed by atoms with Crippen LogP contribution in [0.15, 0.2) is 22.7 Å². The Hall–Kier alpha value is -0.370. The largest absolute Gasteiger partial charge is 0.250 e. The second kappa shape index (κ2) is 4.75. The molecule has 1 rings (SSSR count). The van der Waals surface area contributed by atoms with Crippen LogP contribution >= 0.6 is 15.9 Å². The van der Waals surface area contributed by atoms with E-state index in [0.29, 0.717) is 0 Å². The van der Waals surface area contributed by atoms with Crippen LogP contribution in [0.2, 0.25) is 0 Å². The van der Waals surface area contributed by atoms with Crippen molar-refractivity contribution in [1.29, 1.82) is 0 Å². The maximum Gasteiger partial charge on any atom is 0.0963 e. The molecule has 1 radical (unpaired) electrons. The summed E-state index contributed by atoms with van der Waals surface area (Å²) in [4.78, 5) is 0. The highest BCUT2D eigenvalue weighted by atomic mass is 79.9. The van der Waals surface area contributed by atoms with Crippen molar-refractivity contribution in [2.24, 2.45) is 0 Å². The lowest BCUT2D eigenvalue weighted by atomic mass is 9.99. The Bertz CT molecular complexity index is 283. The quantitative estimate of drug-likeness (QED) is 0.756. The van der Waals surface area contributed by atoms with Gasteiger partial charge in [-0.2, -0.15) is 0 Å². The predicted molar refractivity (Wildman–Crippen MR) is 57.6 cm³/mol. The van der Waals surface area contributed by atoms with Gasteiger partial charge in [-0.3, -0.25) is 4.39 Å². The van der Waals surface area contributed by atoms with Gasteiger partial charge in [0.25, 0.3) is 0 Å². The van der Waals surface area contributed by atoms with Crippen molar-refractivity contribution in [1.82, 2.24) is 0 Å². The molecule has 71 valence electrons. The number of hydrogen-bond donors (Lipinski definition) is 0. The fourth-order valence-corrected chi connectivity index (χ4v) is 2.14. The molecule has 2 heteroatoms. The summed E-state index contributed by atoms with van der Waals surface area (Å²) in [5.41, 5.74) is 2.17. The number of alkyl halides is 1. The molecule has 0 heterocycles. The average molecular weight is 244 g/mol. The van der Waals surface area contributed by atoms with Crippen molar-refractivity contribution in [3.63, 3.8) is 0 Å². The third kappa shape index (κ3) is 2.31. The standard InChI is InChI=1S/C11H13BrF/c1-3-9-5-4-6-10(11(9)12)8(2)7-13/h4-6,8H,2-3,7H2,1H3. The van der Waals surface area contributed by atoms with Gasteiger partial charge in [-0.15, -0.1) is 0 Å². The Balaban J connectivity index is 3.08. The molecule has 0 aromatic heterocycles. The Kier molecular flexibility index (Phi) is 3.91. The fourth-order valence-electron chi connectivity index (χ4n) is 1.27. The highest BCUT2D eigenvalue weighted by molar-refractivity contribution is 9.10. The first-order chi connectivity index (χ1) is 6.20. The summed E-state index contributed by atoms with van der Waals surface area (Å²) in [6.07, 6.45) is 0.952. The van der Waals surface area contributed by atoms with Gasteiger partial charge in [0, 0.05) is 10.4 Å². The van der Waals surface area contributed by atoms with Gasteiger partial charge in [0.05, 0.1) is 6.67 Å². The zero-order valence-corrected chi connectivity index (χ0v) is 9.27. The van der Waals surface area contributed by atoms with E-state index in [0.717, 1.165) is 16.5 Å². The zero-order valence-electron chi connectivity index (χ0n) is 7.69. The molecule has 0 aliphatic carbocycles. The van der Waals surface area contributed by atoms with Gasteiger partial charge >= 0.3 is 0 Å². The molecule has 0 amide bonds. The van der Waals surface area contributed by atoms with E-state index in [-0.39, 0.29) is 5.92 Å². The molecule has 0 bridgehead atoms. The molecule has 1 atom stereocenters. The molecular formula is C11H13BrF. The first kappa shape index (κ1) is 10.7. The number of benzene rings is 1. The van der Waals surface area contributed by atoms with Crippen LogP contribution in [0.1, 0.15) is 24.0 Å². The first-order valence-corrected chi connectivity index (χ1v) is 5.16. The second-order valence-electron chi connectivity index (χ2n) is 3.03. The van der Waals surface area contributed by atoms with Gasteiger partial charge in [0.15, 0.2) is 0 Å². The number of halogens is 2. The van der Waals surface area contributed by atoms with E-state index in [1.54, 1.807) is 0 Å². The van der Waals surface area contributed by atoms with E-state index in [4.69, 9.17) is 0 Å². The summed E-state index contributed by atoms with van der Waals surface area (Å²) in [7, 11) is 0. The summed E-state index contributed by atoms with van der Waals surface area (Å²) in [5.74, 6) is -0.263. The molecule has 1 aromatic carbocycles. The molecule has 13 heavy (non-hydrogen) atoms. The van der Waals surface area contributed by atoms with Crippen LogP contribution in [-0.2, 0) is 6.42 Å². The van der Waals surface area contributed by atoms with Gasteiger partial charge < -0.3 is 0 Å². The Morgan fingerprint density at radius 3 is 2.77 bits per heavy atom. The second-order valence-corrected chi connectivity index (χ2v) is 3.82. The molecule has 1 unspecified atom stereocenters. The molecule has 0 aliphatic rings. The summed E-state index contributed by atoms with van der Waals surface area (Å²) in [6, 6.07) is 5.91. The molecule has 0 spiro atoms. The summed E-state index contributed by atoms with van der Waals surface area (Å²) in [6.45, 7) is 5.43. The Morgan fingerprint density at radius 1 is 1.54 bits per heavy atom. The highest BCUT2D eigenvalue weighted by Crippen LogP contribution is 2.28. The molecular weight excluding hydrogens is 231 g/mol. The van der Waals surface area contributed by atoms with E-state index in [1.165, 1.54) is 5.56 Å². The average Bonchev–Trinajstić information content (AvgIpc) is 2.17. The third-order valence-electron chi connectivity index (χ3n) is 2.12. The first-order valence-electron chi connectivity index (χ1n) is 4.37. The Morgan fingerprint density at radius 2 is 2.23 bits per heavy atom. The maximum atomic E-state index is 12.4. The zero-order chi connectivity index (χ0) is 9.84. The van der Waals surface area contributed by atoms with Crippen LogP contribution in [0.5, 0.6) is 0 Å². The number of hydrogen-bond acceptors (Lipinski definition) is 0. The number of aryl methyl sites for hydroxylation is 1. The van der Waals surface area contributed by atoms with Crippen molar-refractivity contribution in [2.75, 3.05) is 6.67 Å². The van der Waals surface area contributed by atoms with Crippen LogP contribution in [0.4, 0.5) is 4.39 Å². The summed E-state index contributed by atoms with van der Waals surface area (Å²) in [5, 5.41) is 0. The van der Waals surface area contributed by atoms with Crippen LogP contribution < -0.4 is 0 Å². The van der Waals surface area contributed by atoms with Crippen LogP contribution in [0, 0.1) is 6.92 Å². The summed E-state index contributed by atoms with van der Waals surface area (Å²) < 4.78 is 13.4. The van der Waals surface area contributed by atoms with Crippen LogP contribution in [0.25, 0.3) is 0 Å². The van der Waals surface area contributed by atoms with Crippen molar-refractivity contribution in [3.05, 3.63) is 40.7 Å². The number of rotatable bonds is 3. The van der Waals surface area contributed by atoms with Gasteiger partial charge in [-0.05, 0) is 24.5 Å². The SMILES string of the molecule is [CH2]C(CF)c1cccc(CC)c1Br. The van der Waals surface area contributed by atoms with E-state index < -0.39 is 6.67 Å². The van der Waals surface area contributed by atoms with Crippen molar-refractivity contribution < 1.29 is 4.39 Å². The maximum absolute atomic E-state index is 12.4. The minimum atomic E-state index is -0.411. The van der Waals surface area contributed by atoms with Crippen molar-refractivity contribution in [2.45, 2.75) is 19.3 Å². The topological polar surface area (TPSA) is 0 Å². The van der Waals surface area contributed by atoms with Crippen molar-refractivity contribution in [3.8, 4) is 0 Å². The molecule has 0 saturated carbocycles. The predicted octanol–water partition coefficient (Wildman–Crippen LogP) is 3.90. The lowest BCUT2D eigenvalue weighted by Crippen LogP contribution is -1.98. The normalized spacial score (nSPS) is 12.9. The minimum Gasteiger partial charge on any atom is -0.250 e. The van der Waals surface area contributed by atoms with E-state index in [2.05, 4.69) is 29.8 Å². The molecule has 0 nitrogen and oxygen atoms in total. The molecule has 0 fully saturated rings. The monoisotopic (exact) mass is 243 g/mol. The molecule has 1 aromatic rings. The van der Waals surface area contributed by atoms with Crippen LogP contribution in [-0.4, -0.2) is 6.67 Å². The van der Waals surface area contributed by atoms with Gasteiger partial charge in [-0.25, -0.2) is 0 Å². The van der Waals surface area contributed by atoms with Gasteiger partial charge in [0.1, 0.15) is 0 Å². The highest BCUT2D eigenvalue weighted by Gasteiger charge is 2.10. The minimum absolute atomic E-state index is 0.263. The lowest BCUT2D eigenvalue weighted by Gasteiger charge is -2.12. The van der Waals surface area contributed by atoms with Gasteiger partial charge in [0.2, 0.25) is 0 Å². The molecule has 0 aliphatic heterocycles. The molecule has 0 N–H and O–H groups in total. The molecule has 0 saturated heterocycles. The fraction of sp³-hybridized carbons (Fsp3) is 0.364. The third-order valence-corrected chi connectivity index (χ3v) is 3.08. The van der Waals surface area contributed by atoms with Crippen molar-refractivity contribution >= 4 is 15.9 Å². The van der Waals surface area contributed by atoms with Gasteiger partial charge in [-0.1, -0.05) is 41.1 Å². The summed E-state index contributed by atoms with van der Waals surface area (Å²) >= 11 is 3.48. The van der Waals surface area contributed by atoms with E-state index >= 15 is 0 Å². The van der Waals surface area contributed by atoms with E-state index in [9.17, 15) is 4.39 Å². The smallest absolute Gasteiger partial charge is 0.0963 e. The van der Waals surface area contributed by atoms with E-state index in [1.807, 2.05) is 18.2 Å². The van der Waals surface area contributed by atoms with Crippen LogP contribution in [0.3, 0.4) is 0 Å². The Labute approximate surface area is 87.3 Å².